The van der Waals surface area contributed by atoms with Crippen LogP contribution >= 0.6 is 0 Å². The van der Waals surface area contributed by atoms with Gasteiger partial charge in [0.25, 0.3) is 0 Å². The van der Waals surface area contributed by atoms with E-state index in [0.717, 1.165) is 0 Å². The lowest BCUT2D eigenvalue weighted by Gasteiger charge is -2.09. The average Bonchev–Trinajstić information content (AvgIpc) is 3.00. The molecule has 0 aromatic heterocycles. The van der Waals surface area contributed by atoms with Crippen molar-refractivity contribution < 1.29 is 0 Å². The summed E-state index contributed by atoms with van der Waals surface area (Å²) in [6.45, 7) is 4.52. The molecule has 0 aliphatic rings. The van der Waals surface area contributed by atoms with Crippen molar-refractivity contribution in [2.24, 2.45) is 0 Å². The molecule has 0 heterocycles. The first-order valence-electron chi connectivity index (χ1n) is 13.5. The molecular formula is C38H34. The predicted molar refractivity (Wildman–Crippen MR) is 166 cm³/mol. The molecule has 0 spiro atoms. The van der Waals surface area contributed by atoms with Crippen LogP contribution in [0, 0.1) is 0 Å². The van der Waals surface area contributed by atoms with Crippen molar-refractivity contribution in [2.45, 2.75) is 26.2 Å². The maximum Gasteiger partial charge on any atom is -0.0105 e. The van der Waals surface area contributed by atoms with Gasteiger partial charge >= 0.3 is 0 Å². The van der Waals surface area contributed by atoms with E-state index in [4.69, 9.17) is 0 Å². The van der Waals surface area contributed by atoms with Crippen molar-refractivity contribution in [3.8, 4) is 11.1 Å². The second kappa shape index (κ2) is 12.2. The standard InChI is InChI=1S/C38H34/c1-3-29(2)33-22-16-30(17-23-33)14-15-31-18-24-34(25-19-31)35-26-20-32(21-27-35)28-38(36-10-6-4-7-11-36)37-12-8-5-9-13-37/h4-29H,3H2,1-2H3. The average molecular weight is 491 g/mol. The summed E-state index contributed by atoms with van der Waals surface area (Å²) >= 11 is 0. The Labute approximate surface area is 227 Å². The van der Waals surface area contributed by atoms with E-state index in [1.165, 1.54) is 56.5 Å². The van der Waals surface area contributed by atoms with Gasteiger partial charge in [0, 0.05) is 0 Å². The molecule has 5 aromatic rings. The first-order chi connectivity index (χ1) is 18.7. The Morgan fingerprint density at radius 2 is 0.947 bits per heavy atom. The highest BCUT2D eigenvalue weighted by molar-refractivity contribution is 5.91. The van der Waals surface area contributed by atoms with Gasteiger partial charge in [-0.25, -0.2) is 0 Å². The Kier molecular flexibility index (Phi) is 8.11. The molecule has 0 N–H and O–H groups in total. The van der Waals surface area contributed by atoms with Gasteiger partial charge in [-0.2, -0.15) is 0 Å². The molecular weight excluding hydrogens is 456 g/mol. The number of hydrogen-bond donors (Lipinski definition) is 0. The molecule has 1 atom stereocenters. The molecule has 0 nitrogen and oxygen atoms in total. The Balaban J connectivity index is 1.31. The second-order valence-electron chi connectivity index (χ2n) is 9.84. The van der Waals surface area contributed by atoms with E-state index in [2.05, 4.69) is 166 Å². The summed E-state index contributed by atoms with van der Waals surface area (Å²) in [5.74, 6) is 0.612. The van der Waals surface area contributed by atoms with Gasteiger partial charge in [-0.05, 0) is 68.5 Å². The molecule has 0 heteroatoms. The van der Waals surface area contributed by atoms with Crippen LogP contribution in [-0.2, 0) is 0 Å². The maximum atomic E-state index is 2.28. The van der Waals surface area contributed by atoms with Crippen LogP contribution in [0.25, 0.3) is 34.9 Å². The van der Waals surface area contributed by atoms with Gasteiger partial charge < -0.3 is 0 Å². The van der Waals surface area contributed by atoms with Gasteiger partial charge in [0.05, 0.1) is 0 Å². The summed E-state index contributed by atoms with van der Waals surface area (Å²) in [6.07, 6.45) is 7.82. The molecule has 0 radical (unpaired) electrons. The Bertz CT molecular complexity index is 1440. The number of benzene rings is 5. The van der Waals surface area contributed by atoms with E-state index in [9.17, 15) is 0 Å². The summed E-state index contributed by atoms with van der Waals surface area (Å²) in [5, 5.41) is 0. The minimum atomic E-state index is 0.612. The fourth-order valence-electron chi connectivity index (χ4n) is 4.66. The van der Waals surface area contributed by atoms with Gasteiger partial charge in [-0.1, -0.05) is 159 Å². The van der Waals surface area contributed by atoms with Crippen LogP contribution in [-0.4, -0.2) is 0 Å². The van der Waals surface area contributed by atoms with Crippen molar-refractivity contribution in [3.63, 3.8) is 0 Å². The molecule has 186 valence electrons. The summed E-state index contributed by atoms with van der Waals surface area (Å²) in [4.78, 5) is 0. The van der Waals surface area contributed by atoms with Crippen LogP contribution in [0.15, 0.2) is 133 Å². The largest absolute Gasteiger partial charge is 0.0648 e. The Hall–Kier alpha value is -4.42. The summed E-state index contributed by atoms with van der Waals surface area (Å²) in [5.41, 5.74) is 11.1. The molecule has 0 aliphatic heterocycles. The van der Waals surface area contributed by atoms with Crippen LogP contribution in [0.5, 0.6) is 0 Å². The summed E-state index contributed by atoms with van der Waals surface area (Å²) < 4.78 is 0. The molecule has 38 heavy (non-hydrogen) atoms. The number of rotatable bonds is 8. The quantitative estimate of drug-likeness (QED) is 0.190. The SMILES string of the molecule is CCC(C)c1ccc(C=Cc2ccc(-c3ccc(C=C(c4ccccc4)c4ccccc4)cc3)cc2)cc1. The highest BCUT2D eigenvalue weighted by Crippen LogP contribution is 2.28. The van der Waals surface area contributed by atoms with Crippen LogP contribution in [0.2, 0.25) is 0 Å². The second-order valence-corrected chi connectivity index (χ2v) is 9.84. The van der Waals surface area contributed by atoms with Gasteiger partial charge in [-0.15, -0.1) is 0 Å². The third kappa shape index (κ3) is 6.28. The van der Waals surface area contributed by atoms with Crippen LogP contribution in [0.4, 0.5) is 0 Å². The zero-order valence-electron chi connectivity index (χ0n) is 22.2. The lowest BCUT2D eigenvalue weighted by Crippen LogP contribution is -1.90. The molecule has 0 aliphatic carbocycles. The van der Waals surface area contributed by atoms with E-state index >= 15 is 0 Å². The molecule has 0 bridgehead atoms. The van der Waals surface area contributed by atoms with Crippen molar-refractivity contribution in [3.05, 3.63) is 167 Å². The topological polar surface area (TPSA) is 0 Å². The Morgan fingerprint density at radius 1 is 0.526 bits per heavy atom. The minimum Gasteiger partial charge on any atom is -0.0648 e. The fourth-order valence-corrected chi connectivity index (χ4v) is 4.66. The van der Waals surface area contributed by atoms with Gasteiger partial charge in [0.2, 0.25) is 0 Å². The van der Waals surface area contributed by atoms with Gasteiger partial charge in [0.15, 0.2) is 0 Å². The summed E-state index contributed by atoms with van der Waals surface area (Å²) in [6, 6.07) is 47.7. The molecule has 0 saturated heterocycles. The lowest BCUT2D eigenvalue weighted by molar-refractivity contribution is 0.733. The Morgan fingerprint density at radius 3 is 1.39 bits per heavy atom. The molecule has 0 amide bonds. The minimum absolute atomic E-state index is 0.612. The zero-order chi connectivity index (χ0) is 26.2. The van der Waals surface area contributed by atoms with Crippen LogP contribution in [0.3, 0.4) is 0 Å². The van der Waals surface area contributed by atoms with E-state index < -0.39 is 0 Å². The van der Waals surface area contributed by atoms with Gasteiger partial charge in [-0.3, -0.25) is 0 Å². The van der Waals surface area contributed by atoms with Crippen LogP contribution in [0.1, 0.15) is 59.6 Å². The number of hydrogen-bond acceptors (Lipinski definition) is 0. The molecule has 0 fully saturated rings. The monoisotopic (exact) mass is 490 g/mol. The maximum absolute atomic E-state index is 2.28. The zero-order valence-corrected chi connectivity index (χ0v) is 22.2. The van der Waals surface area contributed by atoms with E-state index in [-0.39, 0.29) is 0 Å². The fraction of sp³-hybridized carbons (Fsp3) is 0.105. The lowest BCUT2D eigenvalue weighted by atomic mass is 9.95. The third-order valence-corrected chi connectivity index (χ3v) is 7.22. The smallest absolute Gasteiger partial charge is 0.0105 e. The molecule has 1 unspecified atom stereocenters. The first-order valence-corrected chi connectivity index (χ1v) is 13.5. The molecule has 5 rings (SSSR count). The van der Waals surface area contributed by atoms with Gasteiger partial charge in [0.1, 0.15) is 0 Å². The van der Waals surface area contributed by atoms with Crippen molar-refractivity contribution >= 4 is 23.8 Å². The molecule has 5 aromatic carbocycles. The van der Waals surface area contributed by atoms with Crippen molar-refractivity contribution in [1.82, 2.24) is 0 Å². The van der Waals surface area contributed by atoms with Crippen molar-refractivity contribution in [1.29, 1.82) is 0 Å². The van der Waals surface area contributed by atoms with E-state index in [0.29, 0.717) is 5.92 Å². The molecule has 0 saturated carbocycles. The van der Waals surface area contributed by atoms with E-state index in [1.54, 1.807) is 0 Å². The first kappa shape index (κ1) is 25.2. The summed E-state index contributed by atoms with van der Waals surface area (Å²) in [7, 11) is 0. The van der Waals surface area contributed by atoms with Crippen molar-refractivity contribution in [2.75, 3.05) is 0 Å². The van der Waals surface area contributed by atoms with E-state index in [1.807, 2.05) is 0 Å². The van der Waals surface area contributed by atoms with Crippen LogP contribution < -0.4 is 0 Å². The normalized spacial score (nSPS) is 11.8. The third-order valence-electron chi connectivity index (χ3n) is 7.22. The highest BCUT2D eigenvalue weighted by atomic mass is 14.1. The predicted octanol–water partition coefficient (Wildman–Crippen LogP) is 10.6. The highest BCUT2D eigenvalue weighted by Gasteiger charge is 2.06.